The van der Waals surface area contributed by atoms with Crippen LogP contribution in [0.5, 0.6) is 5.75 Å². The minimum Gasteiger partial charge on any atom is -0.508 e. The fourth-order valence-corrected chi connectivity index (χ4v) is 5.84. The van der Waals surface area contributed by atoms with Gasteiger partial charge in [0, 0.05) is 5.39 Å². The largest absolute Gasteiger partial charge is 0.508 e. The van der Waals surface area contributed by atoms with Gasteiger partial charge >= 0.3 is 0 Å². The zero-order valence-electron chi connectivity index (χ0n) is 16.6. The lowest BCUT2D eigenvalue weighted by Crippen LogP contribution is -2.25. The van der Waals surface area contributed by atoms with Crippen LogP contribution < -0.4 is 0 Å². The maximum absolute atomic E-state index is 14.5. The van der Waals surface area contributed by atoms with Crippen LogP contribution in [0.1, 0.15) is 82.6 Å². The zero-order valence-corrected chi connectivity index (χ0v) is 16.6. The highest BCUT2D eigenvalue weighted by atomic mass is 19.1. The van der Waals surface area contributed by atoms with Gasteiger partial charge in [0.2, 0.25) is 0 Å². The van der Waals surface area contributed by atoms with Gasteiger partial charge in [0.05, 0.1) is 0 Å². The molecule has 2 heteroatoms. The predicted molar refractivity (Wildman–Crippen MR) is 111 cm³/mol. The van der Waals surface area contributed by atoms with Crippen LogP contribution in [0, 0.1) is 23.6 Å². The molecule has 2 aromatic carbocycles. The van der Waals surface area contributed by atoms with E-state index in [9.17, 15) is 9.50 Å². The van der Waals surface area contributed by atoms with E-state index in [1.54, 1.807) is 12.1 Å². The van der Waals surface area contributed by atoms with Gasteiger partial charge in [-0.15, -0.1) is 0 Å². The summed E-state index contributed by atoms with van der Waals surface area (Å²) in [4.78, 5) is 0. The minimum atomic E-state index is -0.199. The van der Waals surface area contributed by atoms with E-state index in [-0.39, 0.29) is 11.6 Å². The summed E-state index contributed by atoms with van der Waals surface area (Å²) in [5, 5.41) is 11.0. The summed E-state index contributed by atoms with van der Waals surface area (Å²) >= 11 is 0. The number of hydrogen-bond acceptors (Lipinski definition) is 1. The van der Waals surface area contributed by atoms with Crippen LogP contribution in [0.3, 0.4) is 0 Å². The molecule has 4 rings (SSSR count). The van der Waals surface area contributed by atoms with Crippen molar-refractivity contribution in [3.63, 3.8) is 0 Å². The van der Waals surface area contributed by atoms with Gasteiger partial charge < -0.3 is 5.11 Å². The average molecular weight is 369 g/mol. The van der Waals surface area contributed by atoms with Crippen molar-refractivity contribution in [1.82, 2.24) is 0 Å². The van der Waals surface area contributed by atoms with Crippen molar-refractivity contribution in [2.75, 3.05) is 0 Å². The quantitative estimate of drug-likeness (QED) is 0.590. The van der Waals surface area contributed by atoms with E-state index in [1.165, 1.54) is 70.3 Å². The van der Waals surface area contributed by atoms with Gasteiger partial charge in [0.15, 0.2) is 0 Å². The molecule has 146 valence electrons. The Morgan fingerprint density at radius 3 is 2.22 bits per heavy atom. The van der Waals surface area contributed by atoms with Gasteiger partial charge in [-0.1, -0.05) is 44.7 Å². The summed E-state index contributed by atoms with van der Waals surface area (Å²) in [5.74, 6) is 3.24. The number of halogens is 1. The summed E-state index contributed by atoms with van der Waals surface area (Å²) < 4.78 is 14.5. The smallest absolute Gasteiger partial charge is 0.131 e. The molecule has 0 aliphatic heterocycles. The van der Waals surface area contributed by atoms with Crippen LogP contribution in [0.2, 0.25) is 0 Å². The number of benzene rings is 2. The van der Waals surface area contributed by atoms with E-state index >= 15 is 0 Å². The second kappa shape index (κ2) is 8.20. The second-order valence-electron chi connectivity index (χ2n) is 9.09. The maximum Gasteiger partial charge on any atom is 0.131 e. The highest BCUT2D eigenvalue weighted by molar-refractivity contribution is 5.85. The molecule has 0 spiro atoms. The third kappa shape index (κ3) is 4.15. The Morgan fingerprint density at radius 2 is 1.56 bits per heavy atom. The average Bonchev–Trinajstić information content (AvgIpc) is 2.69. The molecule has 2 fully saturated rings. The van der Waals surface area contributed by atoms with E-state index in [1.807, 2.05) is 6.07 Å². The highest BCUT2D eigenvalue weighted by Crippen LogP contribution is 2.45. The fraction of sp³-hybridized carbons (Fsp3) is 0.600. The lowest BCUT2D eigenvalue weighted by Gasteiger charge is -2.38. The SMILES string of the molecule is CCCC1CCC(C2CCC(c3cc(F)c4cc(O)ccc4c3)CC2)CC1. The number of hydrogen-bond donors (Lipinski definition) is 1. The molecule has 0 unspecified atom stereocenters. The number of phenols is 1. The molecule has 0 heterocycles. The Labute approximate surface area is 163 Å². The van der Waals surface area contributed by atoms with Crippen LogP contribution in [0.25, 0.3) is 10.8 Å². The normalized spacial score (nSPS) is 29.1. The van der Waals surface area contributed by atoms with Crippen molar-refractivity contribution >= 4 is 10.8 Å². The van der Waals surface area contributed by atoms with E-state index in [4.69, 9.17) is 0 Å². The van der Waals surface area contributed by atoms with E-state index in [2.05, 4.69) is 13.0 Å². The molecular weight excluding hydrogens is 335 g/mol. The molecule has 27 heavy (non-hydrogen) atoms. The Balaban J connectivity index is 1.38. The molecular formula is C25H33FO. The second-order valence-corrected chi connectivity index (χ2v) is 9.09. The molecule has 1 nitrogen and oxygen atoms in total. The van der Waals surface area contributed by atoms with Crippen molar-refractivity contribution in [3.8, 4) is 5.75 Å². The Hall–Kier alpha value is -1.57. The van der Waals surface area contributed by atoms with Crippen molar-refractivity contribution in [1.29, 1.82) is 0 Å². The van der Waals surface area contributed by atoms with Crippen molar-refractivity contribution in [2.24, 2.45) is 17.8 Å². The number of aromatic hydroxyl groups is 1. The molecule has 0 saturated heterocycles. The first-order valence-electron chi connectivity index (χ1n) is 11.1. The molecule has 0 radical (unpaired) electrons. The zero-order chi connectivity index (χ0) is 18.8. The number of fused-ring (bicyclic) bond motifs is 1. The van der Waals surface area contributed by atoms with Crippen molar-refractivity contribution in [2.45, 2.75) is 77.0 Å². The van der Waals surface area contributed by atoms with Crippen LogP contribution in [-0.4, -0.2) is 5.11 Å². The van der Waals surface area contributed by atoms with Crippen LogP contribution in [0.4, 0.5) is 4.39 Å². The molecule has 2 aromatic rings. The van der Waals surface area contributed by atoms with Gasteiger partial charge in [-0.3, -0.25) is 0 Å². The molecule has 2 aliphatic rings. The molecule has 0 amide bonds. The van der Waals surface area contributed by atoms with E-state index < -0.39 is 0 Å². The fourth-order valence-electron chi connectivity index (χ4n) is 5.84. The topological polar surface area (TPSA) is 20.2 Å². The van der Waals surface area contributed by atoms with Crippen LogP contribution >= 0.6 is 0 Å². The third-order valence-corrected chi connectivity index (χ3v) is 7.41. The van der Waals surface area contributed by atoms with Crippen LogP contribution in [0.15, 0.2) is 30.3 Å². The minimum absolute atomic E-state index is 0.128. The first kappa shape index (κ1) is 18.8. The summed E-state index contributed by atoms with van der Waals surface area (Å²) in [5.41, 5.74) is 1.15. The Morgan fingerprint density at radius 1 is 0.889 bits per heavy atom. The predicted octanol–water partition coefficient (Wildman–Crippen LogP) is 7.56. The summed E-state index contributed by atoms with van der Waals surface area (Å²) in [6.45, 7) is 2.31. The van der Waals surface area contributed by atoms with Gasteiger partial charge in [-0.05, 0) is 91.3 Å². The Bertz CT molecular complexity index is 767. The molecule has 2 aliphatic carbocycles. The molecule has 1 N–H and O–H groups in total. The number of rotatable bonds is 4. The first-order valence-corrected chi connectivity index (χ1v) is 11.1. The lowest BCUT2D eigenvalue weighted by molar-refractivity contribution is 0.156. The maximum atomic E-state index is 14.5. The molecule has 0 atom stereocenters. The Kier molecular flexibility index (Phi) is 5.71. The summed E-state index contributed by atoms with van der Waals surface area (Å²) in [7, 11) is 0. The monoisotopic (exact) mass is 368 g/mol. The third-order valence-electron chi connectivity index (χ3n) is 7.41. The lowest BCUT2D eigenvalue weighted by atomic mass is 9.68. The van der Waals surface area contributed by atoms with E-state index in [0.717, 1.165) is 28.7 Å². The molecule has 2 saturated carbocycles. The molecule has 0 aromatic heterocycles. The first-order chi connectivity index (χ1) is 13.1. The van der Waals surface area contributed by atoms with Gasteiger partial charge in [0.25, 0.3) is 0 Å². The van der Waals surface area contributed by atoms with E-state index in [0.29, 0.717) is 11.3 Å². The van der Waals surface area contributed by atoms with Crippen molar-refractivity contribution in [3.05, 3.63) is 41.7 Å². The standard InChI is InChI=1S/C25H33FO/c1-2-3-17-4-6-18(7-5-17)19-8-10-20(11-9-19)22-14-21-12-13-23(27)16-24(21)25(26)15-22/h12-20,27H,2-11H2,1H3. The van der Waals surface area contributed by atoms with Crippen molar-refractivity contribution < 1.29 is 9.50 Å². The number of phenolic OH excluding ortho intramolecular Hbond substituents is 1. The van der Waals surface area contributed by atoms with Gasteiger partial charge in [0.1, 0.15) is 11.6 Å². The van der Waals surface area contributed by atoms with Crippen LogP contribution in [-0.2, 0) is 0 Å². The highest BCUT2D eigenvalue weighted by Gasteiger charge is 2.31. The van der Waals surface area contributed by atoms with Gasteiger partial charge in [-0.2, -0.15) is 0 Å². The van der Waals surface area contributed by atoms with Gasteiger partial charge in [-0.25, -0.2) is 4.39 Å². The summed E-state index contributed by atoms with van der Waals surface area (Å²) in [6, 6.07) is 8.86. The summed E-state index contributed by atoms with van der Waals surface area (Å²) in [6.07, 6.45) is 13.5. The molecule has 0 bridgehead atoms.